The lowest BCUT2D eigenvalue weighted by Crippen LogP contribution is -2.33. The summed E-state index contributed by atoms with van der Waals surface area (Å²) < 4.78 is 38.9. The maximum absolute atomic E-state index is 13.2. The summed E-state index contributed by atoms with van der Waals surface area (Å²) in [7, 11) is 0.703. The maximum Gasteiger partial charge on any atom is 0.307 e. The number of hydrogen-bond acceptors (Lipinski definition) is 7. The molecular weight excluding hydrogens is 514 g/mol. The molecule has 2 amide bonds. The third kappa shape index (κ3) is 5.95. The number of nitrogens with zero attached hydrogens (tertiary/aromatic N) is 3. The van der Waals surface area contributed by atoms with Crippen LogP contribution in [0.3, 0.4) is 0 Å². The molecule has 4 rings (SSSR count). The smallest absolute Gasteiger partial charge is 0.307 e. The number of ether oxygens (including phenoxy) is 2. The Morgan fingerprint density at radius 1 is 1.03 bits per heavy atom. The lowest BCUT2D eigenvalue weighted by Gasteiger charge is -2.19. The van der Waals surface area contributed by atoms with Crippen molar-refractivity contribution in [2.45, 2.75) is 19.5 Å². The molecule has 0 saturated carbocycles. The molecular formula is C26H29N3O6S2. The van der Waals surface area contributed by atoms with Crippen LogP contribution >= 0.6 is 11.3 Å². The molecule has 9 nitrogen and oxygen atoms in total. The molecule has 0 N–H and O–H groups in total. The van der Waals surface area contributed by atoms with E-state index in [2.05, 4.69) is 0 Å². The molecule has 11 heteroatoms. The van der Waals surface area contributed by atoms with Gasteiger partial charge in [0.25, 0.3) is 11.8 Å². The Labute approximate surface area is 221 Å². The molecule has 0 aliphatic carbocycles. The molecule has 196 valence electrons. The molecule has 3 aromatic rings. The summed E-state index contributed by atoms with van der Waals surface area (Å²) in [4.78, 5) is 28.4. The zero-order valence-corrected chi connectivity index (χ0v) is 22.5. The van der Waals surface area contributed by atoms with Crippen molar-refractivity contribution < 1.29 is 27.5 Å². The Morgan fingerprint density at radius 2 is 1.78 bits per heavy atom. The number of carbonyl (C=O) groups is 2. The van der Waals surface area contributed by atoms with Gasteiger partial charge in [0.15, 0.2) is 0 Å². The van der Waals surface area contributed by atoms with Gasteiger partial charge in [-0.3, -0.25) is 9.59 Å². The number of methoxy groups -OCH3 is 2. The van der Waals surface area contributed by atoms with Crippen molar-refractivity contribution in [2.75, 3.05) is 34.4 Å². The fourth-order valence-corrected chi connectivity index (χ4v) is 6.58. The van der Waals surface area contributed by atoms with Crippen LogP contribution in [0.1, 0.15) is 25.7 Å². The molecule has 0 unspecified atom stereocenters. The van der Waals surface area contributed by atoms with Crippen LogP contribution in [-0.4, -0.2) is 68.1 Å². The molecule has 37 heavy (non-hydrogen) atoms. The van der Waals surface area contributed by atoms with Crippen LogP contribution in [0.25, 0.3) is 0 Å². The first-order chi connectivity index (χ1) is 17.7. The van der Waals surface area contributed by atoms with E-state index in [4.69, 9.17) is 9.47 Å². The second-order valence-electron chi connectivity index (χ2n) is 8.58. The van der Waals surface area contributed by atoms with E-state index >= 15 is 0 Å². The molecule has 0 spiro atoms. The Balaban J connectivity index is 1.41. The third-order valence-electron chi connectivity index (χ3n) is 6.13. The van der Waals surface area contributed by atoms with Crippen LogP contribution in [-0.2, 0) is 34.5 Å². The van der Waals surface area contributed by atoms with E-state index in [1.165, 1.54) is 25.6 Å². The first-order valence-electron chi connectivity index (χ1n) is 11.6. The number of carbonyl (C=O) groups excluding carboxylic acids is 2. The minimum atomic E-state index is -4.04. The molecule has 1 saturated heterocycles. The fraction of sp³-hybridized carbons (Fsp3) is 0.308. The average Bonchev–Trinajstić information content (AvgIpc) is 3.45. The van der Waals surface area contributed by atoms with Crippen molar-refractivity contribution in [3.8, 4) is 11.5 Å². The van der Waals surface area contributed by atoms with E-state index in [-0.39, 0.29) is 25.5 Å². The summed E-state index contributed by atoms with van der Waals surface area (Å²) in [6.45, 7) is 0.162. The fourth-order valence-electron chi connectivity index (χ4n) is 4.01. The Hall–Kier alpha value is -3.41. The Kier molecular flexibility index (Phi) is 8.16. The van der Waals surface area contributed by atoms with Gasteiger partial charge in [-0.15, -0.1) is 11.3 Å². The van der Waals surface area contributed by atoms with Crippen LogP contribution in [0.4, 0.5) is 0 Å². The predicted octanol–water partition coefficient (Wildman–Crippen LogP) is 3.17. The number of rotatable bonds is 10. The van der Waals surface area contributed by atoms with Crippen molar-refractivity contribution in [1.82, 2.24) is 13.5 Å². The minimum absolute atomic E-state index is 0.00992. The minimum Gasteiger partial charge on any atom is -0.497 e. The largest absolute Gasteiger partial charge is 0.497 e. The molecule has 0 radical (unpaired) electrons. The highest BCUT2D eigenvalue weighted by molar-refractivity contribution is 7.87. The normalized spacial score (nSPS) is 15.1. The summed E-state index contributed by atoms with van der Waals surface area (Å²) in [6, 6.07) is 18.4. The molecule has 1 fully saturated rings. The molecule has 1 aromatic heterocycles. The van der Waals surface area contributed by atoms with Gasteiger partial charge in [-0.1, -0.05) is 30.3 Å². The van der Waals surface area contributed by atoms with Gasteiger partial charge < -0.3 is 14.4 Å². The molecule has 2 aromatic carbocycles. The van der Waals surface area contributed by atoms with E-state index in [1.54, 1.807) is 42.3 Å². The lowest BCUT2D eigenvalue weighted by atomic mass is 10.1. The van der Waals surface area contributed by atoms with Crippen molar-refractivity contribution in [3.63, 3.8) is 0 Å². The van der Waals surface area contributed by atoms with Crippen LogP contribution in [0.15, 0.2) is 60.7 Å². The molecule has 0 bridgehead atoms. The number of benzene rings is 2. The quantitative estimate of drug-likeness (QED) is 0.390. The van der Waals surface area contributed by atoms with E-state index < -0.39 is 16.1 Å². The van der Waals surface area contributed by atoms with Gasteiger partial charge >= 0.3 is 10.2 Å². The van der Waals surface area contributed by atoms with Crippen molar-refractivity contribution in [2.24, 2.45) is 0 Å². The third-order valence-corrected chi connectivity index (χ3v) is 8.99. The monoisotopic (exact) mass is 543 g/mol. The van der Waals surface area contributed by atoms with Gasteiger partial charge in [0, 0.05) is 30.1 Å². The summed E-state index contributed by atoms with van der Waals surface area (Å²) in [6.07, 6.45) is 0.740. The molecule has 0 atom stereocenters. The summed E-state index contributed by atoms with van der Waals surface area (Å²) in [5.74, 6) is 0.345. The highest BCUT2D eigenvalue weighted by atomic mass is 32.2. The van der Waals surface area contributed by atoms with Crippen LogP contribution in [0.5, 0.6) is 11.5 Å². The van der Waals surface area contributed by atoms with Crippen LogP contribution < -0.4 is 9.47 Å². The van der Waals surface area contributed by atoms with Crippen LogP contribution in [0, 0.1) is 0 Å². The second-order valence-corrected chi connectivity index (χ2v) is 11.6. The molecule has 2 heterocycles. The van der Waals surface area contributed by atoms with Gasteiger partial charge in [0.2, 0.25) is 0 Å². The Bertz CT molecular complexity index is 1370. The van der Waals surface area contributed by atoms with Gasteiger partial charge in [-0.25, -0.2) is 4.31 Å². The van der Waals surface area contributed by atoms with Crippen LogP contribution in [0.2, 0.25) is 0 Å². The van der Waals surface area contributed by atoms with E-state index in [1.807, 2.05) is 30.3 Å². The standard InChI is InChI=1S/C26H29N3O6S2/c1-27(14-13-19-7-5-4-6-8-19)26(31)24-12-11-22(36-24)17-28-18-25(30)29(37(28,32)33)16-20-9-10-21(34-2)15-23(20)35-3/h4-12,15H,13-14,16-18H2,1-3H3. The average molecular weight is 544 g/mol. The number of likely N-dealkylation sites (N-methyl/N-ethyl adjacent to an activating group) is 1. The molecule has 1 aliphatic rings. The number of amides is 2. The van der Waals surface area contributed by atoms with E-state index in [9.17, 15) is 18.0 Å². The SMILES string of the molecule is COc1ccc(CN2C(=O)CN(Cc3ccc(C(=O)N(C)CCc4ccccc4)s3)S2(=O)=O)c(OC)c1. The number of thiophene rings is 1. The predicted molar refractivity (Wildman–Crippen MR) is 141 cm³/mol. The topological polar surface area (TPSA) is 96.5 Å². The number of hydrogen-bond donors (Lipinski definition) is 0. The summed E-state index contributed by atoms with van der Waals surface area (Å²) in [5, 5.41) is 0. The van der Waals surface area contributed by atoms with Crippen molar-refractivity contribution in [1.29, 1.82) is 0 Å². The second kappa shape index (κ2) is 11.3. The highest BCUT2D eigenvalue weighted by Crippen LogP contribution is 2.30. The van der Waals surface area contributed by atoms with Crippen molar-refractivity contribution >= 4 is 33.4 Å². The lowest BCUT2D eigenvalue weighted by molar-refractivity contribution is -0.125. The summed E-state index contributed by atoms with van der Waals surface area (Å²) in [5.41, 5.74) is 1.69. The van der Waals surface area contributed by atoms with Crippen molar-refractivity contribution in [3.05, 3.63) is 81.5 Å². The van der Waals surface area contributed by atoms with Gasteiger partial charge in [0.1, 0.15) is 11.5 Å². The van der Waals surface area contributed by atoms with Gasteiger partial charge in [-0.05, 0) is 36.2 Å². The zero-order valence-electron chi connectivity index (χ0n) is 20.9. The maximum atomic E-state index is 13.2. The first-order valence-corrected chi connectivity index (χ1v) is 13.8. The van der Waals surface area contributed by atoms with E-state index in [0.717, 1.165) is 20.6 Å². The Morgan fingerprint density at radius 3 is 2.49 bits per heavy atom. The molecule has 1 aliphatic heterocycles. The first kappa shape index (κ1) is 26.6. The van der Waals surface area contributed by atoms with Gasteiger partial charge in [-0.2, -0.15) is 12.7 Å². The van der Waals surface area contributed by atoms with Gasteiger partial charge in [0.05, 0.1) is 38.7 Å². The highest BCUT2D eigenvalue weighted by Gasteiger charge is 2.42. The summed E-state index contributed by atoms with van der Waals surface area (Å²) >= 11 is 1.23. The van der Waals surface area contributed by atoms with E-state index in [0.29, 0.717) is 33.4 Å². The zero-order chi connectivity index (χ0) is 26.6.